The van der Waals surface area contributed by atoms with Crippen molar-refractivity contribution in [3.63, 3.8) is 0 Å². The molecule has 0 atom stereocenters. The maximum atomic E-state index is 13.1. The number of halogens is 2. The van der Waals surface area contributed by atoms with Gasteiger partial charge < -0.3 is 9.94 Å². The van der Waals surface area contributed by atoms with Crippen molar-refractivity contribution >= 4 is 17.3 Å². The molecule has 35 heavy (non-hydrogen) atoms. The van der Waals surface area contributed by atoms with E-state index in [0.717, 1.165) is 49.2 Å². The first kappa shape index (κ1) is 25.2. The number of aromatic nitrogens is 2. The third kappa shape index (κ3) is 7.31. The van der Waals surface area contributed by atoms with Gasteiger partial charge in [0.2, 0.25) is 5.95 Å². The van der Waals surface area contributed by atoms with Crippen molar-refractivity contribution in [2.75, 3.05) is 19.7 Å². The lowest BCUT2D eigenvalue weighted by molar-refractivity contribution is -0.0189. The van der Waals surface area contributed by atoms with E-state index < -0.39 is 11.5 Å². The van der Waals surface area contributed by atoms with Crippen LogP contribution in [-0.4, -0.2) is 51.0 Å². The van der Waals surface area contributed by atoms with Crippen LogP contribution in [0.25, 0.3) is 0 Å². The molecule has 184 valence electrons. The smallest absolute Gasteiger partial charge is 0.212 e. The van der Waals surface area contributed by atoms with Gasteiger partial charge in [0.1, 0.15) is 17.5 Å². The Labute approximate surface area is 210 Å². The van der Waals surface area contributed by atoms with Crippen molar-refractivity contribution in [2.24, 2.45) is 5.16 Å². The maximum absolute atomic E-state index is 13.1. The number of hydrogen-bond donors (Lipinski definition) is 1. The van der Waals surface area contributed by atoms with E-state index in [1.807, 2.05) is 24.3 Å². The second-order valence-corrected chi connectivity index (χ2v) is 9.94. The summed E-state index contributed by atoms with van der Waals surface area (Å²) in [6, 6.07) is 15.1. The lowest BCUT2D eigenvalue weighted by Gasteiger charge is -2.32. The molecule has 4 rings (SSSR count). The lowest BCUT2D eigenvalue weighted by Crippen LogP contribution is -2.32. The largest absolute Gasteiger partial charge is 0.392 e. The van der Waals surface area contributed by atoms with Gasteiger partial charge in [0.05, 0.1) is 5.60 Å². The molecule has 2 aromatic heterocycles. The molecule has 1 N–H and O–H groups in total. The number of aliphatic hydroxyl groups is 1. The standard InChI is InChI=1S/C27H30ClFN4O2/c1-27(2,34)18-35-32-26(23-7-9-24(28)30-16-23)21-5-3-19(4-6-21)17-33-13-11-20(12-14-33)22-8-10-25(29)31-15-22/h3-10,15-16,20,34H,11-14,17-18H2,1-2H3/b32-26-. The minimum absolute atomic E-state index is 0.0690. The molecule has 1 aliphatic heterocycles. The minimum atomic E-state index is -0.989. The molecule has 0 spiro atoms. The van der Waals surface area contributed by atoms with Crippen LogP contribution in [0.15, 0.2) is 66.1 Å². The quantitative estimate of drug-likeness (QED) is 0.264. The minimum Gasteiger partial charge on any atom is -0.392 e. The van der Waals surface area contributed by atoms with Crippen LogP contribution in [0.3, 0.4) is 0 Å². The molecule has 0 aliphatic carbocycles. The van der Waals surface area contributed by atoms with Crippen LogP contribution < -0.4 is 0 Å². The summed E-state index contributed by atoms with van der Waals surface area (Å²) in [5.41, 5.74) is 3.62. The van der Waals surface area contributed by atoms with E-state index in [2.05, 4.69) is 32.2 Å². The Kier molecular flexibility index (Phi) is 8.11. The highest BCUT2D eigenvalue weighted by atomic mass is 35.5. The third-order valence-electron chi connectivity index (χ3n) is 6.02. The summed E-state index contributed by atoms with van der Waals surface area (Å²) in [4.78, 5) is 15.8. The van der Waals surface area contributed by atoms with Gasteiger partial charge in [0, 0.05) is 30.1 Å². The number of oxime groups is 1. The second kappa shape index (κ2) is 11.2. The topological polar surface area (TPSA) is 70.8 Å². The summed E-state index contributed by atoms with van der Waals surface area (Å²) in [7, 11) is 0. The molecule has 0 amide bonds. The Bertz CT molecular complexity index is 1120. The molecule has 8 heteroatoms. The van der Waals surface area contributed by atoms with Gasteiger partial charge in [-0.2, -0.15) is 4.39 Å². The molecular weight excluding hydrogens is 467 g/mol. The van der Waals surface area contributed by atoms with Crippen LogP contribution in [0.2, 0.25) is 5.15 Å². The number of nitrogens with zero attached hydrogens (tertiary/aromatic N) is 4. The van der Waals surface area contributed by atoms with Crippen LogP contribution >= 0.6 is 11.6 Å². The summed E-state index contributed by atoms with van der Waals surface area (Å²) >= 11 is 5.95. The van der Waals surface area contributed by atoms with Gasteiger partial charge in [-0.05, 0) is 75.0 Å². The maximum Gasteiger partial charge on any atom is 0.212 e. The normalized spacial score (nSPS) is 15.9. The third-order valence-corrected chi connectivity index (χ3v) is 6.24. The zero-order chi connectivity index (χ0) is 24.8. The lowest BCUT2D eigenvalue weighted by atomic mass is 9.90. The van der Waals surface area contributed by atoms with Gasteiger partial charge in [0.15, 0.2) is 0 Å². The Hall–Kier alpha value is -2.87. The van der Waals surface area contributed by atoms with Crippen LogP contribution in [0.1, 0.15) is 54.9 Å². The summed E-state index contributed by atoms with van der Waals surface area (Å²) in [6.45, 7) is 6.23. The Morgan fingerprint density at radius 2 is 1.77 bits per heavy atom. The summed E-state index contributed by atoms with van der Waals surface area (Å²) < 4.78 is 13.1. The molecule has 1 aromatic carbocycles. The van der Waals surface area contributed by atoms with E-state index >= 15 is 0 Å². The van der Waals surface area contributed by atoms with Crippen LogP contribution in [-0.2, 0) is 11.4 Å². The predicted octanol–water partition coefficient (Wildman–Crippen LogP) is 5.19. The average molecular weight is 497 g/mol. The Balaban J connectivity index is 1.40. The predicted molar refractivity (Wildman–Crippen MR) is 135 cm³/mol. The molecular formula is C27H30ClFN4O2. The Morgan fingerprint density at radius 3 is 2.37 bits per heavy atom. The van der Waals surface area contributed by atoms with E-state index in [1.54, 1.807) is 32.3 Å². The number of piperidine rings is 1. The molecule has 6 nitrogen and oxygen atoms in total. The molecule has 3 heterocycles. The molecule has 0 unspecified atom stereocenters. The van der Waals surface area contributed by atoms with Crippen molar-refractivity contribution in [3.05, 3.63) is 94.3 Å². The number of hydrogen-bond acceptors (Lipinski definition) is 6. The zero-order valence-corrected chi connectivity index (χ0v) is 20.7. The number of pyridine rings is 2. The van der Waals surface area contributed by atoms with Gasteiger partial charge in [-0.1, -0.05) is 47.1 Å². The fourth-order valence-electron chi connectivity index (χ4n) is 4.12. The van der Waals surface area contributed by atoms with Crippen LogP contribution in [0, 0.1) is 5.95 Å². The summed E-state index contributed by atoms with van der Waals surface area (Å²) in [5, 5.41) is 14.7. The molecule has 0 saturated carbocycles. The molecule has 1 saturated heterocycles. The van der Waals surface area contributed by atoms with E-state index in [4.69, 9.17) is 16.4 Å². The van der Waals surface area contributed by atoms with Crippen LogP contribution in [0.5, 0.6) is 0 Å². The molecule has 1 aliphatic rings. The second-order valence-electron chi connectivity index (χ2n) is 9.56. The fraction of sp³-hybridized carbons (Fsp3) is 0.370. The van der Waals surface area contributed by atoms with Crippen molar-refractivity contribution in [2.45, 2.75) is 44.8 Å². The number of rotatable bonds is 8. The fourth-order valence-corrected chi connectivity index (χ4v) is 4.23. The molecule has 0 bridgehead atoms. The highest BCUT2D eigenvalue weighted by Gasteiger charge is 2.21. The van der Waals surface area contributed by atoms with Crippen molar-refractivity contribution in [1.29, 1.82) is 0 Å². The van der Waals surface area contributed by atoms with Crippen molar-refractivity contribution in [3.8, 4) is 0 Å². The highest BCUT2D eigenvalue weighted by Crippen LogP contribution is 2.28. The van der Waals surface area contributed by atoms with Gasteiger partial charge in [-0.25, -0.2) is 9.97 Å². The first-order valence-corrected chi connectivity index (χ1v) is 12.1. The first-order valence-electron chi connectivity index (χ1n) is 11.7. The summed E-state index contributed by atoms with van der Waals surface area (Å²) in [6.07, 6.45) is 5.38. The van der Waals surface area contributed by atoms with Gasteiger partial charge in [-0.3, -0.25) is 4.90 Å². The first-order chi connectivity index (χ1) is 16.8. The van der Waals surface area contributed by atoms with Gasteiger partial charge in [0.25, 0.3) is 0 Å². The van der Waals surface area contributed by atoms with E-state index in [1.165, 1.54) is 11.6 Å². The highest BCUT2D eigenvalue weighted by molar-refractivity contribution is 6.29. The zero-order valence-electron chi connectivity index (χ0n) is 20.0. The monoisotopic (exact) mass is 496 g/mol. The average Bonchev–Trinajstić information content (AvgIpc) is 2.84. The Morgan fingerprint density at radius 1 is 1.06 bits per heavy atom. The van der Waals surface area contributed by atoms with E-state index in [0.29, 0.717) is 16.8 Å². The van der Waals surface area contributed by atoms with E-state index in [9.17, 15) is 9.50 Å². The van der Waals surface area contributed by atoms with Crippen molar-refractivity contribution < 1.29 is 14.3 Å². The van der Waals surface area contributed by atoms with Gasteiger partial charge in [-0.15, -0.1) is 0 Å². The number of benzene rings is 1. The van der Waals surface area contributed by atoms with E-state index in [-0.39, 0.29) is 6.61 Å². The SMILES string of the molecule is CC(C)(O)CO/N=C(/c1ccc(CN2CCC(c3ccc(F)nc3)CC2)cc1)c1ccc(Cl)nc1. The van der Waals surface area contributed by atoms with Crippen molar-refractivity contribution in [1.82, 2.24) is 14.9 Å². The molecule has 0 radical (unpaired) electrons. The van der Waals surface area contributed by atoms with Gasteiger partial charge >= 0.3 is 0 Å². The number of likely N-dealkylation sites (tertiary alicyclic amines) is 1. The summed E-state index contributed by atoms with van der Waals surface area (Å²) in [5.74, 6) is -0.00339. The molecule has 3 aromatic rings. The molecule has 1 fully saturated rings. The van der Waals surface area contributed by atoms with Crippen LogP contribution in [0.4, 0.5) is 4.39 Å².